The average Bonchev–Trinajstić information content (AvgIpc) is 3.57. The van der Waals surface area contributed by atoms with Crippen molar-refractivity contribution >= 4 is 60.2 Å². The summed E-state index contributed by atoms with van der Waals surface area (Å²) in [5.74, 6) is -0.410. The normalized spacial score (nSPS) is 17.1. The fourth-order valence-electron chi connectivity index (χ4n) is 5.38. The number of fused-ring (bicyclic) bond motifs is 1. The van der Waals surface area contributed by atoms with Crippen LogP contribution in [-0.2, 0) is 37.4 Å². The summed E-state index contributed by atoms with van der Waals surface area (Å²) in [7, 11) is -8.46. The smallest absolute Gasteiger partial charge is 0.341 e. The van der Waals surface area contributed by atoms with Crippen LogP contribution in [0.3, 0.4) is 0 Å². The lowest BCUT2D eigenvalue weighted by atomic mass is 9.99. The molecule has 4 aromatic carbocycles. The van der Waals surface area contributed by atoms with Crippen molar-refractivity contribution in [1.29, 1.82) is 0 Å². The fraction of sp³-hybridized carbons (Fsp3) is 0.161. The largest absolute Gasteiger partial charge is 0.417 e. The van der Waals surface area contributed by atoms with Crippen molar-refractivity contribution in [2.75, 3.05) is 0 Å². The highest BCUT2D eigenvalue weighted by Crippen LogP contribution is 2.40. The van der Waals surface area contributed by atoms with Crippen molar-refractivity contribution in [1.82, 2.24) is 19.4 Å². The van der Waals surface area contributed by atoms with Crippen molar-refractivity contribution < 1.29 is 34.8 Å². The first-order valence-electron chi connectivity index (χ1n) is 13.9. The van der Waals surface area contributed by atoms with E-state index in [2.05, 4.69) is 14.7 Å². The molecule has 0 bridgehead atoms. The molecule has 1 amide bonds. The molecule has 1 unspecified atom stereocenters. The van der Waals surface area contributed by atoms with E-state index >= 15 is 0 Å². The molecular formula is C31H23Cl2F3N4O5S2. The van der Waals surface area contributed by atoms with E-state index in [4.69, 9.17) is 23.2 Å². The van der Waals surface area contributed by atoms with Gasteiger partial charge in [-0.3, -0.25) is 9.52 Å². The number of aromatic nitrogens is 2. The Balaban J connectivity index is 1.35. The Labute approximate surface area is 277 Å². The molecule has 47 heavy (non-hydrogen) atoms. The minimum Gasteiger partial charge on any atom is -0.341 e. The maximum Gasteiger partial charge on any atom is 0.417 e. The van der Waals surface area contributed by atoms with E-state index in [1.165, 1.54) is 30.3 Å². The van der Waals surface area contributed by atoms with E-state index in [1.807, 2.05) is 4.72 Å². The van der Waals surface area contributed by atoms with Crippen molar-refractivity contribution in [2.24, 2.45) is 0 Å². The zero-order valence-electron chi connectivity index (χ0n) is 23.8. The molecule has 9 nitrogen and oxygen atoms in total. The summed E-state index contributed by atoms with van der Waals surface area (Å²) >= 11 is 12.0. The molecule has 1 aliphatic rings. The van der Waals surface area contributed by atoms with Crippen LogP contribution in [0.25, 0.3) is 22.2 Å². The van der Waals surface area contributed by atoms with E-state index in [0.717, 1.165) is 12.1 Å². The molecule has 0 aliphatic carbocycles. The number of hydrogen-bond donors (Lipinski definition) is 3. The zero-order valence-corrected chi connectivity index (χ0v) is 27.0. The lowest BCUT2D eigenvalue weighted by molar-refractivity contribution is -0.137. The predicted octanol–water partition coefficient (Wildman–Crippen LogP) is 6.71. The number of imidazole rings is 1. The van der Waals surface area contributed by atoms with Crippen LogP contribution in [0.1, 0.15) is 40.2 Å². The highest BCUT2D eigenvalue weighted by atomic mass is 35.5. The number of para-hydroxylation sites is 2. The first-order valence-corrected chi connectivity index (χ1v) is 17.7. The van der Waals surface area contributed by atoms with Crippen molar-refractivity contribution in [3.8, 4) is 11.1 Å². The number of aromatic amines is 1. The quantitative estimate of drug-likeness (QED) is 0.163. The number of nitrogens with zero attached hydrogens (tertiary/aromatic N) is 1. The zero-order chi connectivity index (χ0) is 33.7. The number of carbonyl (C=O) groups is 1. The van der Waals surface area contributed by atoms with Crippen LogP contribution in [0.15, 0.2) is 89.8 Å². The number of sulfonamides is 2. The van der Waals surface area contributed by atoms with Crippen molar-refractivity contribution in [3.05, 3.63) is 117 Å². The molecular weight excluding hydrogens is 700 g/mol. The van der Waals surface area contributed by atoms with Gasteiger partial charge < -0.3 is 4.98 Å². The van der Waals surface area contributed by atoms with Gasteiger partial charge in [0.05, 0.1) is 44.0 Å². The summed E-state index contributed by atoms with van der Waals surface area (Å²) in [4.78, 5) is 18.6. The topological polar surface area (TPSA) is 138 Å². The number of nitrogens with one attached hydrogen (secondary N) is 3. The second-order valence-electron chi connectivity index (χ2n) is 10.9. The van der Waals surface area contributed by atoms with Crippen molar-refractivity contribution in [3.63, 3.8) is 0 Å². The van der Waals surface area contributed by atoms with Gasteiger partial charge in [0.2, 0.25) is 26.0 Å². The third-order valence-corrected chi connectivity index (χ3v) is 11.6. The Morgan fingerprint density at radius 3 is 2.32 bits per heavy atom. The highest BCUT2D eigenvalue weighted by Gasteiger charge is 2.38. The van der Waals surface area contributed by atoms with E-state index in [0.29, 0.717) is 28.2 Å². The number of hydrogen-bond acceptors (Lipinski definition) is 6. The molecule has 3 N–H and O–H groups in total. The number of H-pyrrole nitrogens is 1. The number of amides is 1. The van der Waals surface area contributed by atoms with Gasteiger partial charge >= 0.3 is 6.18 Å². The molecule has 0 radical (unpaired) electrons. The van der Waals surface area contributed by atoms with Crippen LogP contribution in [0.4, 0.5) is 13.2 Å². The number of carbonyl (C=O) groups excluding carboxylic acids is 1. The lowest BCUT2D eigenvalue weighted by Gasteiger charge is -2.19. The Bertz CT molecular complexity index is 2210. The van der Waals surface area contributed by atoms with Crippen molar-refractivity contribution in [2.45, 2.75) is 35.2 Å². The van der Waals surface area contributed by atoms with Gasteiger partial charge in [-0.15, -0.1) is 0 Å². The third-order valence-electron chi connectivity index (χ3n) is 7.67. The summed E-state index contributed by atoms with van der Waals surface area (Å²) in [5, 5.41) is -0.884. The Hall–Kier alpha value is -3.95. The highest BCUT2D eigenvalue weighted by molar-refractivity contribution is 7.90. The standard InChI is InChI=1S/C31H23Cl2F3N4O5S2/c32-23-12-9-19(14-24(23)33)21-11-10-20(15-22(21)31(34,35)36)46(42,43)39-27(30-37-25-3-1-2-4-26(25)38-30)13-17-5-7-18(8-6-17)28-16-29(41)40-47(28,44)45/h1-12,14-15,27-28,39H,13,16H2,(H,37,38)(H,40,41)/t27-,28?/m0/s1. The minimum atomic E-state index is -4.92. The second kappa shape index (κ2) is 12.3. The molecule has 2 atom stereocenters. The van der Waals surface area contributed by atoms with Crippen LogP contribution in [0.5, 0.6) is 0 Å². The molecule has 6 rings (SSSR count). The van der Waals surface area contributed by atoms with Gasteiger partial charge in [-0.05, 0) is 65.1 Å². The molecule has 1 fully saturated rings. The molecule has 0 spiro atoms. The van der Waals surface area contributed by atoms with Crippen LogP contribution >= 0.6 is 23.2 Å². The van der Waals surface area contributed by atoms with Gasteiger partial charge in [0, 0.05) is 0 Å². The summed E-state index contributed by atoms with van der Waals surface area (Å²) in [6.07, 6.45) is -5.16. The Morgan fingerprint density at radius 2 is 1.68 bits per heavy atom. The molecule has 16 heteroatoms. The van der Waals surface area contributed by atoms with Gasteiger partial charge in [0.15, 0.2) is 0 Å². The average molecular weight is 724 g/mol. The maximum atomic E-state index is 14.3. The van der Waals surface area contributed by atoms with Crippen LogP contribution in [0.2, 0.25) is 10.0 Å². The molecule has 244 valence electrons. The van der Waals surface area contributed by atoms with E-state index < -0.39 is 53.9 Å². The van der Waals surface area contributed by atoms with Crippen LogP contribution in [0, 0.1) is 0 Å². The summed E-state index contributed by atoms with van der Waals surface area (Å²) in [6.45, 7) is 0. The van der Waals surface area contributed by atoms with Crippen LogP contribution in [-0.4, -0.2) is 32.7 Å². The molecule has 1 aromatic heterocycles. The van der Waals surface area contributed by atoms with E-state index in [-0.39, 0.29) is 39.8 Å². The molecule has 1 aliphatic heterocycles. The van der Waals surface area contributed by atoms with Gasteiger partial charge in [0.25, 0.3) is 0 Å². The first kappa shape index (κ1) is 33.0. The van der Waals surface area contributed by atoms with Crippen LogP contribution < -0.4 is 9.44 Å². The maximum absolute atomic E-state index is 14.3. The molecule has 0 saturated carbocycles. The Morgan fingerprint density at radius 1 is 0.957 bits per heavy atom. The molecule has 5 aromatic rings. The SMILES string of the molecule is O=C1CC(c2ccc(C[C@H](NS(=O)(=O)c3ccc(-c4ccc(Cl)c(Cl)c4)c(C(F)(F)F)c3)c3nc4ccccc4[nH]3)cc2)S(=O)(=O)N1. The molecule has 1 saturated heterocycles. The number of benzene rings is 4. The van der Waals surface area contributed by atoms with Gasteiger partial charge in [0.1, 0.15) is 11.1 Å². The number of rotatable bonds is 8. The summed E-state index contributed by atoms with van der Waals surface area (Å²) in [5.41, 5.74) is 0.691. The number of halogens is 5. The first-order chi connectivity index (χ1) is 22.1. The van der Waals surface area contributed by atoms with Gasteiger partial charge in [-0.25, -0.2) is 26.5 Å². The summed E-state index contributed by atoms with van der Waals surface area (Å²) in [6, 6.07) is 18.7. The lowest BCUT2D eigenvalue weighted by Crippen LogP contribution is -2.31. The van der Waals surface area contributed by atoms with Gasteiger partial charge in [-0.1, -0.05) is 71.7 Å². The molecule has 2 heterocycles. The predicted molar refractivity (Wildman–Crippen MR) is 171 cm³/mol. The van der Waals surface area contributed by atoms with E-state index in [9.17, 15) is 34.8 Å². The number of alkyl halides is 3. The second-order valence-corrected chi connectivity index (χ2v) is 15.2. The minimum absolute atomic E-state index is 0.0125. The fourth-order valence-corrected chi connectivity index (χ4v) is 8.33. The Kier molecular flexibility index (Phi) is 8.59. The van der Waals surface area contributed by atoms with Gasteiger partial charge in [-0.2, -0.15) is 13.2 Å². The third kappa shape index (κ3) is 6.87. The summed E-state index contributed by atoms with van der Waals surface area (Å²) < 4.78 is 99.3. The monoisotopic (exact) mass is 722 g/mol. The van der Waals surface area contributed by atoms with E-state index in [1.54, 1.807) is 36.4 Å².